The maximum atomic E-state index is 9.39. The second-order valence-corrected chi connectivity index (χ2v) is 4.38. The highest BCUT2D eigenvalue weighted by Gasteiger charge is 2.13. The van der Waals surface area contributed by atoms with Gasteiger partial charge in [0.25, 0.3) is 0 Å². The van der Waals surface area contributed by atoms with Gasteiger partial charge in [0.15, 0.2) is 0 Å². The van der Waals surface area contributed by atoms with Gasteiger partial charge in [-0.3, -0.25) is 0 Å². The van der Waals surface area contributed by atoms with E-state index < -0.39 is 5.60 Å². The molecule has 1 atom stereocenters. The van der Waals surface area contributed by atoms with Crippen molar-refractivity contribution in [1.29, 1.82) is 0 Å². The minimum Gasteiger partial charge on any atom is -0.390 e. The summed E-state index contributed by atoms with van der Waals surface area (Å²) in [4.78, 5) is 0. The molecule has 0 amide bonds. The Morgan fingerprint density at radius 2 is 1.75 bits per heavy atom. The molecule has 1 N–H and O–H groups in total. The van der Waals surface area contributed by atoms with E-state index in [-0.39, 0.29) is 6.10 Å². The van der Waals surface area contributed by atoms with E-state index in [9.17, 15) is 5.11 Å². The van der Waals surface area contributed by atoms with Crippen LogP contribution in [0.1, 0.15) is 41.0 Å². The fraction of sp³-hybridized carbons (Fsp3) is 1.00. The van der Waals surface area contributed by atoms with Crippen LogP contribution in [0, 0.1) is 5.92 Å². The maximum absolute atomic E-state index is 9.39. The Kier molecular flexibility index (Phi) is 4.80. The molecule has 0 aromatic carbocycles. The van der Waals surface area contributed by atoms with Crippen LogP contribution in [-0.4, -0.2) is 23.4 Å². The third-order valence-electron chi connectivity index (χ3n) is 2.03. The fourth-order valence-corrected chi connectivity index (χ4v) is 0.687. The molecule has 0 aliphatic heterocycles. The van der Waals surface area contributed by atoms with Crippen molar-refractivity contribution in [3.63, 3.8) is 0 Å². The highest BCUT2D eigenvalue weighted by molar-refractivity contribution is 4.64. The van der Waals surface area contributed by atoms with E-state index in [1.807, 2.05) is 0 Å². The van der Waals surface area contributed by atoms with E-state index in [4.69, 9.17) is 4.74 Å². The predicted octanol–water partition coefficient (Wildman–Crippen LogP) is 2.21. The van der Waals surface area contributed by atoms with Gasteiger partial charge >= 0.3 is 0 Å². The molecule has 0 aromatic rings. The first kappa shape index (κ1) is 11.9. The number of rotatable bonds is 5. The zero-order valence-corrected chi connectivity index (χ0v) is 8.92. The molecule has 0 rings (SSSR count). The number of hydrogen-bond acceptors (Lipinski definition) is 2. The summed E-state index contributed by atoms with van der Waals surface area (Å²) in [5, 5.41) is 9.39. The third kappa shape index (κ3) is 6.62. The van der Waals surface area contributed by atoms with Crippen LogP contribution in [0.2, 0.25) is 0 Å². The van der Waals surface area contributed by atoms with Crippen LogP contribution in [0.4, 0.5) is 0 Å². The van der Waals surface area contributed by atoms with Crippen molar-refractivity contribution < 1.29 is 9.84 Å². The maximum Gasteiger partial charge on any atom is 0.0613 e. The van der Waals surface area contributed by atoms with Crippen LogP contribution < -0.4 is 0 Å². The molecule has 1 unspecified atom stereocenters. The van der Waals surface area contributed by atoms with Gasteiger partial charge in [-0.2, -0.15) is 0 Å². The van der Waals surface area contributed by atoms with Gasteiger partial charge in [0, 0.05) is 6.61 Å². The molecular formula is C10H22O2. The second kappa shape index (κ2) is 4.83. The van der Waals surface area contributed by atoms with E-state index in [1.54, 1.807) is 13.8 Å². The van der Waals surface area contributed by atoms with Gasteiger partial charge < -0.3 is 9.84 Å². The van der Waals surface area contributed by atoms with Crippen LogP contribution >= 0.6 is 0 Å². The molecule has 0 spiro atoms. The zero-order chi connectivity index (χ0) is 9.78. The lowest BCUT2D eigenvalue weighted by Crippen LogP contribution is -2.24. The molecular weight excluding hydrogens is 152 g/mol. The quantitative estimate of drug-likeness (QED) is 0.692. The average Bonchev–Trinajstić information content (AvgIpc) is 1.84. The lowest BCUT2D eigenvalue weighted by Gasteiger charge is -2.21. The zero-order valence-electron chi connectivity index (χ0n) is 8.92. The van der Waals surface area contributed by atoms with Gasteiger partial charge in [-0.25, -0.2) is 0 Å². The SMILES string of the molecule is CC(C)C(C)OCCC(C)(C)O. The molecule has 0 radical (unpaired) electrons. The van der Waals surface area contributed by atoms with E-state index in [2.05, 4.69) is 20.8 Å². The van der Waals surface area contributed by atoms with Crippen molar-refractivity contribution in [1.82, 2.24) is 0 Å². The van der Waals surface area contributed by atoms with E-state index >= 15 is 0 Å². The Morgan fingerprint density at radius 3 is 2.08 bits per heavy atom. The van der Waals surface area contributed by atoms with E-state index in [1.165, 1.54) is 0 Å². The first-order chi connectivity index (χ1) is 5.33. The molecule has 0 aromatic heterocycles. The van der Waals surface area contributed by atoms with Crippen molar-refractivity contribution in [2.45, 2.75) is 52.7 Å². The summed E-state index contributed by atoms with van der Waals surface area (Å²) in [5.74, 6) is 0.548. The Morgan fingerprint density at radius 1 is 1.25 bits per heavy atom. The highest BCUT2D eigenvalue weighted by atomic mass is 16.5. The largest absolute Gasteiger partial charge is 0.390 e. The minimum absolute atomic E-state index is 0.285. The van der Waals surface area contributed by atoms with Crippen LogP contribution in [0.15, 0.2) is 0 Å². The lowest BCUT2D eigenvalue weighted by atomic mass is 10.1. The monoisotopic (exact) mass is 174 g/mol. The molecule has 0 saturated heterocycles. The molecule has 2 heteroatoms. The summed E-state index contributed by atoms with van der Waals surface area (Å²) in [6, 6.07) is 0. The molecule has 0 heterocycles. The first-order valence-electron chi connectivity index (χ1n) is 4.67. The van der Waals surface area contributed by atoms with Gasteiger partial charge in [-0.05, 0) is 33.1 Å². The van der Waals surface area contributed by atoms with Crippen molar-refractivity contribution >= 4 is 0 Å². The molecule has 0 fully saturated rings. The molecule has 0 aliphatic rings. The lowest BCUT2D eigenvalue weighted by molar-refractivity contribution is -0.0102. The minimum atomic E-state index is -0.600. The summed E-state index contributed by atoms with van der Waals surface area (Å²) in [6.07, 6.45) is 0.983. The Bertz CT molecular complexity index is 113. The predicted molar refractivity (Wildman–Crippen MR) is 51.2 cm³/mol. The summed E-state index contributed by atoms with van der Waals surface area (Å²) < 4.78 is 5.52. The molecule has 2 nitrogen and oxygen atoms in total. The third-order valence-corrected chi connectivity index (χ3v) is 2.03. The van der Waals surface area contributed by atoms with Gasteiger partial charge in [0.2, 0.25) is 0 Å². The van der Waals surface area contributed by atoms with Gasteiger partial charge in [-0.15, -0.1) is 0 Å². The molecule has 0 bridgehead atoms. The Balaban J connectivity index is 3.44. The first-order valence-corrected chi connectivity index (χ1v) is 4.67. The Labute approximate surface area is 75.9 Å². The fourth-order valence-electron chi connectivity index (χ4n) is 0.687. The van der Waals surface area contributed by atoms with Crippen LogP contribution in [0.3, 0.4) is 0 Å². The van der Waals surface area contributed by atoms with Crippen molar-refractivity contribution in [3.05, 3.63) is 0 Å². The summed E-state index contributed by atoms with van der Waals surface area (Å²) >= 11 is 0. The van der Waals surface area contributed by atoms with Crippen LogP contribution in [0.25, 0.3) is 0 Å². The number of ether oxygens (including phenoxy) is 1. The van der Waals surface area contributed by atoms with Gasteiger partial charge in [0.05, 0.1) is 11.7 Å². The second-order valence-electron chi connectivity index (χ2n) is 4.38. The average molecular weight is 174 g/mol. The van der Waals surface area contributed by atoms with Crippen molar-refractivity contribution in [2.24, 2.45) is 5.92 Å². The highest BCUT2D eigenvalue weighted by Crippen LogP contribution is 2.10. The van der Waals surface area contributed by atoms with Crippen LogP contribution in [0.5, 0.6) is 0 Å². The normalized spacial score (nSPS) is 15.2. The van der Waals surface area contributed by atoms with Crippen LogP contribution in [-0.2, 0) is 4.74 Å². The smallest absolute Gasteiger partial charge is 0.0613 e. The van der Waals surface area contributed by atoms with Crippen molar-refractivity contribution in [3.8, 4) is 0 Å². The Hall–Kier alpha value is -0.0800. The summed E-state index contributed by atoms with van der Waals surface area (Å²) in [7, 11) is 0. The number of aliphatic hydroxyl groups is 1. The van der Waals surface area contributed by atoms with Crippen molar-refractivity contribution in [2.75, 3.05) is 6.61 Å². The topological polar surface area (TPSA) is 29.5 Å². The summed E-state index contributed by atoms with van der Waals surface area (Å²) in [5.41, 5.74) is -0.600. The molecule has 12 heavy (non-hydrogen) atoms. The molecule has 0 saturated carbocycles. The van der Waals surface area contributed by atoms with Gasteiger partial charge in [0.1, 0.15) is 0 Å². The van der Waals surface area contributed by atoms with E-state index in [0.717, 1.165) is 0 Å². The molecule has 74 valence electrons. The molecule has 0 aliphatic carbocycles. The number of hydrogen-bond donors (Lipinski definition) is 1. The standard InChI is InChI=1S/C10H22O2/c1-8(2)9(3)12-7-6-10(4,5)11/h8-9,11H,6-7H2,1-5H3. The van der Waals surface area contributed by atoms with E-state index in [0.29, 0.717) is 18.9 Å². The summed E-state index contributed by atoms with van der Waals surface area (Å²) in [6.45, 7) is 10.6. The van der Waals surface area contributed by atoms with Gasteiger partial charge in [-0.1, -0.05) is 13.8 Å².